The van der Waals surface area contributed by atoms with Crippen molar-refractivity contribution in [2.45, 2.75) is 6.61 Å². The molecule has 0 radical (unpaired) electrons. The van der Waals surface area contributed by atoms with E-state index >= 15 is 0 Å². The number of para-hydroxylation sites is 3. The standard InChI is InChI=1S/C24H18ClN3O/c1-28-22-11-4-3-10-21(22)27-24(28)19(15-26)14-18-8-2-5-12-23(18)29-16-17-7-6-9-20(25)13-17/h2-14H,16H2,1H3. The van der Waals surface area contributed by atoms with Crippen molar-refractivity contribution in [2.24, 2.45) is 7.05 Å². The van der Waals surface area contributed by atoms with Gasteiger partial charge in [0.1, 0.15) is 18.4 Å². The minimum Gasteiger partial charge on any atom is -0.488 e. The van der Waals surface area contributed by atoms with Crippen LogP contribution in [0.2, 0.25) is 5.02 Å². The Morgan fingerprint density at radius 2 is 1.90 bits per heavy atom. The average Bonchev–Trinajstić information content (AvgIpc) is 3.08. The van der Waals surface area contributed by atoms with Crippen LogP contribution < -0.4 is 4.74 Å². The number of nitriles is 1. The van der Waals surface area contributed by atoms with Gasteiger partial charge in [0, 0.05) is 17.6 Å². The normalized spacial score (nSPS) is 11.4. The monoisotopic (exact) mass is 399 g/mol. The van der Waals surface area contributed by atoms with Gasteiger partial charge in [0.15, 0.2) is 5.82 Å². The Morgan fingerprint density at radius 3 is 2.69 bits per heavy atom. The van der Waals surface area contributed by atoms with Crippen LogP contribution in [0.15, 0.2) is 72.8 Å². The third-order valence-electron chi connectivity index (χ3n) is 4.65. The summed E-state index contributed by atoms with van der Waals surface area (Å²) in [6, 6.07) is 25.3. The van der Waals surface area contributed by atoms with Gasteiger partial charge in [-0.1, -0.05) is 54.1 Å². The zero-order valence-corrected chi connectivity index (χ0v) is 16.6. The maximum atomic E-state index is 9.79. The van der Waals surface area contributed by atoms with Crippen LogP contribution in [0.3, 0.4) is 0 Å². The Kier molecular flexibility index (Phi) is 5.33. The highest BCUT2D eigenvalue weighted by Crippen LogP contribution is 2.27. The summed E-state index contributed by atoms with van der Waals surface area (Å²) in [5.74, 6) is 1.32. The third-order valence-corrected chi connectivity index (χ3v) is 4.89. The third kappa shape index (κ3) is 4.01. The first-order valence-corrected chi connectivity index (χ1v) is 9.53. The molecule has 0 bridgehead atoms. The van der Waals surface area contributed by atoms with E-state index in [4.69, 9.17) is 16.3 Å². The fourth-order valence-corrected chi connectivity index (χ4v) is 3.42. The van der Waals surface area contributed by atoms with E-state index in [-0.39, 0.29) is 0 Å². The molecule has 29 heavy (non-hydrogen) atoms. The van der Waals surface area contributed by atoms with Crippen molar-refractivity contribution in [3.63, 3.8) is 0 Å². The molecule has 3 aromatic carbocycles. The lowest BCUT2D eigenvalue weighted by atomic mass is 10.1. The summed E-state index contributed by atoms with van der Waals surface area (Å²) >= 11 is 6.05. The van der Waals surface area contributed by atoms with Crippen molar-refractivity contribution in [1.29, 1.82) is 5.26 Å². The van der Waals surface area contributed by atoms with Crippen LogP contribution in [0.4, 0.5) is 0 Å². The topological polar surface area (TPSA) is 50.8 Å². The minimum atomic E-state index is 0.388. The quantitative estimate of drug-likeness (QED) is 0.394. The van der Waals surface area contributed by atoms with Gasteiger partial charge in [-0.2, -0.15) is 5.26 Å². The zero-order chi connectivity index (χ0) is 20.2. The molecule has 4 nitrogen and oxygen atoms in total. The fourth-order valence-electron chi connectivity index (χ4n) is 3.21. The van der Waals surface area contributed by atoms with E-state index < -0.39 is 0 Å². The molecule has 0 aliphatic rings. The number of aromatic nitrogens is 2. The lowest BCUT2D eigenvalue weighted by molar-refractivity contribution is 0.305. The van der Waals surface area contributed by atoms with E-state index in [1.54, 1.807) is 0 Å². The van der Waals surface area contributed by atoms with Crippen molar-refractivity contribution in [2.75, 3.05) is 0 Å². The van der Waals surface area contributed by atoms with E-state index in [0.717, 1.165) is 22.2 Å². The second kappa shape index (κ2) is 8.22. The molecule has 0 saturated heterocycles. The van der Waals surface area contributed by atoms with Gasteiger partial charge < -0.3 is 9.30 Å². The van der Waals surface area contributed by atoms with Crippen LogP contribution in [0.5, 0.6) is 5.75 Å². The summed E-state index contributed by atoms with van der Waals surface area (Å²) in [6.07, 6.45) is 1.81. The molecule has 0 fully saturated rings. The summed E-state index contributed by atoms with van der Waals surface area (Å²) in [7, 11) is 1.91. The van der Waals surface area contributed by atoms with Crippen molar-refractivity contribution in [3.8, 4) is 11.8 Å². The summed E-state index contributed by atoms with van der Waals surface area (Å²) in [5.41, 5.74) is 4.11. The SMILES string of the molecule is Cn1c(C(C#N)=Cc2ccccc2OCc2cccc(Cl)c2)nc2ccccc21. The predicted octanol–water partition coefficient (Wildman–Crippen LogP) is 5.87. The molecule has 5 heteroatoms. The van der Waals surface area contributed by atoms with Crippen LogP contribution in [-0.4, -0.2) is 9.55 Å². The largest absolute Gasteiger partial charge is 0.488 e. The van der Waals surface area contributed by atoms with Gasteiger partial charge in [-0.25, -0.2) is 4.98 Å². The van der Waals surface area contributed by atoms with Gasteiger partial charge in [-0.15, -0.1) is 0 Å². The number of hydrogen-bond donors (Lipinski definition) is 0. The van der Waals surface area contributed by atoms with Gasteiger partial charge in [0.2, 0.25) is 0 Å². The Balaban J connectivity index is 1.67. The van der Waals surface area contributed by atoms with Crippen LogP contribution in [-0.2, 0) is 13.7 Å². The highest BCUT2D eigenvalue weighted by atomic mass is 35.5. The van der Waals surface area contributed by atoms with Gasteiger partial charge >= 0.3 is 0 Å². The smallest absolute Gasteiger partial charge is 0.151 e. The van der Waals surface area contributed by atoms with E-state index in [1.807, 2.05) is 90.5 Å². The first-order valence-electron chi connectivity index (χ1n) is 9.15. The van der Waals surface area contributed by atoms with Crippen molar-refractivity contribution < 1.29 is 4.74 Å². The summed E-state index contributed by atoms with van der Waals surface area (Å²) in [4.78, 5) is 4.63. The molecule has 0 spiro atoms. The highest BCUT2D eigenvalue weighted by molar-refractivity contribution is 6.30. The Bertz CT molecular complexity index is 1250. The van der Waals surface area contributed by atoms with E-state index in [0.29, 0.717) is 28.8 Å². The van der Waals surface area contributed by atoms with E-state index in [1.165, 1.54) is 0 Å². The molecule has 0 N–H and O–H groups in total. The van der Waals surface area contributed by atoms with Crippen molar-refractivity contribution in [1.82, 2.24) is 9.55 Å². The van der Waals surface area contributed by atoms with Crippen LogP contribution >= 0.6 is 11.6 Å². The van der Waals surface area contributed by atoms with Gasteiger partial charge in [-0.3, -0.25) is 0 Å². The molecule has 0 unspecified atom stereocenters. The minimum absolute atomic E-state index is 0.388. The van der Waals surface area contributed by atoms with Crippen molar-refractivity contribution in [3.05, 3.63) is 94.8 Å². The Labute approximate surface area is 174 Å². The Hall–Kier alpha value is -3.55. The number of benzene rings is 3. The second-order valence-electron chi connectivity index (χ2n) is 6.61. The first-order chi connectivity index (χ1) is 14.2. The molecule has 4 aromatic rings. The molecule has 4 rings (SSSR count). The lowest BCUT2D eigenvalue weighted by Crippen LogP contribution is -1.98. The van der Waals surface area contributed by atoms with E-state index in [9.17, 15) is 5.26 Å². The molecular formula is C24H18ClN3O. The lowest BCUT2D eigenvalue weighted by Gasteiger charge is -2.10. The number of imidazole rings is 1. The molecule has 142 valence electrons. The number of hydrogen-bond acceptors (Lipinski definition) is 3. The number of fused-ring (bicyclic) bond motifs is 1. The molecule has 0 atom stereocenters. The van der Waals surface area contributed by atoms with E-state index in [2.05, 4.69) is 11.1 Å². The first kappa shape index (κ1) is 18.8. The highest BCUT2D eigenvalue weighted by Gasteiger charge is 2.13. The number of ether oxygens (including phenoxy) is 1. The van der Waals surface area contributed by atoms with Crippen LogP contribution in [0.1, 0.15) is 17.0 Å². The molecule has 1 heterocycles. The van der Waals surface area contributed by atoms with Gasteiger partial charge in [0.05, 0.1) is 16.6 Å². The maximum absolute atomic E-state index is 9.79. The molecule has 0 aliphatic heterocycles. The number of halogens is 1. The zero-order valence-electron chi connectivity index (χ0n) is 15.8. The fraction of sp³-hybridized carbons (Fsp3) is 0.0833. The van der Waals surface area contributed by atoms with Crippen LogP contribution in [0.25, 0.3) is 22.7 Å². The summed E-state index contributed by atoms with van der Waals surface area (Å²) in [6.45, 7) is 0.388. The average molecular weight is 400 g/mol. The number of allylic oxidation sites excluding steroid dienone is 1. The van der Waals surface area contributed by atoms with Gasteiger partial charge in [0.25, 0.3) is 0 Å². The molecular weight excluding hydrogens is 382 g/mol. The molecule has 1 aromatic heterocycles. The Morgan fingerprint density at radius 1 is 1.10 bits per heavy atom. The maximum Gasteiger partial charge on any atom is 0.151 e. The summed E-state index contributed by atoms with van der Waals surface area (Å²) < 4.78 is 7.94. The molecule has 0 aliphatic carbocycles. The second-order valence-corrected chi connectivity index (χ2v) is 7.05. The number of nitrogens with zero attached hydrogens (tertiary/aromatic N) is 3. The van der Waals surface area contributed by atoms with Crippen molar-refractivity contribution >= 4 is 34.3 Å². The predicted molar refractivity (Wildman–Crippen MR) is 116 cm³/mol. The van der Waals surface area contributed by atoms with Gasteiger partial charge in [-0.05, 0) is 42.0 Å². The van der Waals surface area contributed by atoms with Crippen LogP contribution in [0, 0.1) is 11.3 Å². The number of aryl methyl sites for hydroxylation is 1. The molecule has 0 amide bonds. The molecule has 0 saturated carbocycles. The number of rotatable bonds is 5. The summed E-state index contributed by atoms with van der Waals surface area (Å²) in [5, 5.41) is 10.5.